The van der Waals surface area contributed by atoms with Gasteiger partial charge in [0.25, 0.3) is 5.91 Å². The summed E-state index contributed by atoms with van der Waals surface area (Å²) in [6, 6.07) is 48.5. The number of nitrogens with zero attached hydrogens (tertiary/aromatic N) is 9. The molecule has 1 saturated heterocycles. The molecule has 0 unspecified atom stereocenters. The molecule has 128 heavy (non-hydrogen) atoms. The Morgan fingerprint density at radius 2 is 0.859 bits per heavy atom. The molecule has 1 fully saturated rings. The predicted octanol–water partition coefficient (Wildman–Crippen LogP) is 14.4. The maximum Gasteiger partial charge on any atom is 2.00 e. The van der Waals surface area contributed by atoms with E-state index in [2.05, 4.69) is 76.1 Å². The number of hydrogen-bond donors (Lipinski definition) is 5. The van der Waals surface area contributed by atoms with Crippen molar-refractivity contribution < 1.29 is 99.5 Å². The Hall–Kier alpha value is -11.1. The normalized spacial score (nSPS) is 12.1. The molecule has 10 aromatic rings. The van der Waals surface area contributed by atoms with Gasteiger partial charge in [-0.2, -0.15) is 21.0 Å². The number of hydrogen-bond acceptors (Lipinski definition) is 29. The molecule has 0 saturated carbocycles. The van der Waals surface area contributed by atoms with Crippen molar-refractivity contribution in [2.45, 2.75) is 146 Å². The first-order chi connectivity index (χ1) is 58.7. The van der Waals surface area contributed by atoms with E-state index in [0.717, 1.165) is 47.3 Å². The van der Waals surface area contributed by atoms with Gasteiger partial charge in [-0.05, 0) is 160 Å². The van der Waals surface area contributed by atoms with Crippen molar-refractivity contribution in [1.82, 2.24) is 40.2 Å². The number of ether oxygens (including phenoxy) is 2. The number of thiazole rings is 4. The zero-order valence-corrected chi connectivity index (χ0v) is 81.2. The summed E-state index contributed by atoms with van der Waals surface area (Å²) in [4.78, 5) is 110. The second-order valence-corrected chi connectivity index (χ2v) is 39.6. The van der Waals surface area contributed by atoms with Gasteiger partial charge in [-0.15, -0.1) is 45.3 Å². The van der Waals surface area contributed by atoms with Gasteiger partial charge >= 0.3 is 45.7 Å². The third-order valence-corrected chi connectivity index (χ3v) is 25.4. The van der Waals surface area contributed by atoms with E-state index >= 15 is 0 Å². The molecule has 3 amide bonds. The minimum atomic E-state index is -3.56. The first-order valence-electron chi connectivity index (χ1n) is 38.1. The molecule has 0 spiro atoms. The van der Waals surface area contributed by atoms with Gasteiger partial charge in [0.05, 0.1) is 147 Å². The molecule has 1 aliphatic heterocycles. The van der Waals surface area contributed by atoms with E-state index in [0.29, 0.717) is 49.2 Å². The molecule has 6 N–H and O–H groups in total. The maximum atomic E-state index is 12.4. The summed E-state index contributed by atoms with van der Waals surface area (Å²) in [6.45, 7) is 21.4. The zero-order chi connectivity index (χ0) is 92.8. The van der Waals surface area contributed by atoms with Crippen molar-refractivity contribution >= 4 is 141 Å². The molecular weight excluding hydrogens is 1910 g/mol. The van der Waals surface area contributed by atoms with Crippen LogP contribution in [0.4, 0.5) is 9.59 Å². The van der Waals surface area contributed by atoms with E-state index in [9.17, 15) is 60.5 Å². The Bertz CT molecular complexity index is 5920. The van der Waals surface area contributed by atoms with Crippen LogP contribution in [0.5, 0.6) is 0 Å². The molecule has 1 aliphatic rings. The number of amides is 3. The number of aromatic carboxylic acids is 1. The van der Waals surface area contributed by atoms with Gasteiger partial charge in [0.15, 0.2) is 33.0 Å². The monoisotopic (exact) mass is 2010 g/mol. The molecule has 4 aromatic heterocycles. The van der Waals surface area contributed by atoms with E-state index in [1.54, 1.807) is 103 Å². The molecule has 0 atom stereocenters. The number of Topliss-reactive ketones (excluding diaryl/α,β-unsaturated/α-hetero) is 4. The number of benzene rings is 6. The van der Waals surface area contributed by atoms with Gasteiger partial charge < -0.3 is 60.4 Å². The minimum Gasteiger partial charge on any atom is -0.478 e. The number of aromatic nitrogens is 4. The van der Waals surface area contributed by atoms with Gasteiger partial charge in [-0.3, -0.25) is 24.0 Å². The van der Waals surface area contributed by atoms with E-state index in [1.165, 1.54) is 102 Å². The Morgan fingerprint density at radius 1 is 0.516 bits per heavy atom. The van der Waals surface area contributed by atoms with Crippen LogP contribution in [0.25, 0.3) is 33.8 Å². The van der Waals surface area contributed by atoms with E-state index in [4.69, 9.17) is 45.4 Å². The van der Waals surface area contributed by atoms with Crippen molar-refractivity contribution in [2.24, 2.45) is 5.73 Å². The van der Waals surface area contributed by atoms with Crippen molar-refractivity contribution in [3.05, 3.63) is 240 Å². The van der Waals surface area contributed by atoms with E-state index in [-0.39, 0.29) is 142 Å². The number of nitrogens with two attached hydrogens (primary N) is 1. The molecule has 0 bridgehead atoms. The van der Waals surface area contributed by atoms with Crippen molar-refractivity contribution in [1.29, 1.82) is 21.0 Å². The Balaban J connectivity index is 0.000000402. The molecular formula is C89H99BBrN13O17PdS6. The SMILES string of the molecule is CC(C)(C)OC(=O)NCC(=O)Cc1nc(-c2ccccc2C#N)cs1.CC(C)(C)OC(=O)NCC(=O)Cc1nc(Br)cs1.CC(C)S(=O)(=O)c1cccc(C(=O)NCC(=O)Cc2nc(-c3ccccc3C#N)cs2)c1.CC1(C)OB(c2ccccc2C#N)OC1(C)C.CN(C)S(=O)(=O)c1cccc(C(=O)O)c1.N#Cc1ccccc1-c1csc(CC(=O)CN)n1.[CH3-].[CH3-].[Pd+2]. The largest absolute Gasteiger partial charge is 2.00 e. The van der Waals surface area contributed by atoms with Crippen molar-refractivity contribution in [3.8, 4) is 58.0 Å². The van der Waals surface area contributed by atoms with Crippen LogP contribution < -0.4 is 27.1 Å². The van der Waals surface area contributed by atoms with Crippen LogP contribution in [-0.4, -0.2) is 168 Å². The van der Waals surface area contributed by atoms with Crippen LogP contribution >= 0.6 is 61.3 Å². The Labute approximate surface area is 785 Å². The van der Waals surface area contributed by atoms with Crippen LogP contribution in [0.2, 0.25) is 0 Å². The molecule has 678 valence electrons. The summed E-state index contributed by atoms with van der Waals surface area (Å²) in [6.07, 6.45) is -0.571. The fourth-order valence-corrected chi connectivity index (χ4v) is 16.2. The number of nitriles is 4. The first kappa shape index (κ1) is 111. The smallest absolute Gasteiger partial charge is 0.478 e. The van der Waals surface area contributed by atoms with E-state index < -0.39 is 67.5 Å². The number of carbonyl (C=O) groups excluding carboxylic acids is 7. The minimum absolute atomic E-state index is 0. The summed E-state index contributed by atoms with van der Waals surface area (Å²) >= 11 is 8.69. The topological polar surface area (TPSA) is 474 Å². The number of carboxylic acids is 1. The fraction of sp³-hybridized carbons (Fsp3) is 0.303. The van der Waals surface area contributed by atoms with Gasteiger partial charge in [-0.1, -0.05) is 84.9 Å². The molecule has 0 aliphatic carbocycles. The summed E-state index contributed by atoms with van der Waals surface area (Å²) < 4.78 is 71.6. The standard InChI is InChI=1S/C23H21N3O4S2.C18H19N3O3S.C13H16BNO2.C13H11N3OS.C11H15BrN2O3S.C9H11NO4S.2CH3.Pd/c1-15(2)32(29,30)19-8-5-7-16(10-19)23(28)25-13-18(27)11-22-26-21(14-31-22)20-9-4-3-6-17(20)12-24;1-18(2,3)24-17(23)20-10-13(22)8-16-21-15(11-25-16)14-7-5-4-6-12(14)9-19;1-12(2)13(3,4)17-14(16-12)11-8-6-5-7-10(11)9-15;14-6-9-3-1-2-4-11(9)12-8-18-13(16-12)5-10(17)7-15;1-11(2,3)17-10(16)13-5-7(15)4-9-14-8(12)6-18-9;1-10(2)15(13,14)8-5-3-4-7(6-8)9(11)12;;;/h3-10,14-15H,11,13H2,1-2H3,(H,25,28);4-7,11H,8,10H2,1-3H3,(H,20,23);5-8H,1-4H3;1-4,8H,5,7,15H2;6H,4-5H2,1-3H3,(H,13,16);3-6H,1-2H3,(H,11,12);2*1H3;/q;;;;;;2*-1;+2. The van der Waals surface area contributed by atoms with Gasteiger partial charge in [0, 0.05) is 63.3 Å². The van der Waals surface area contributed by atoms with Crippen LogP contribution in [0.15, 0.2) is 182 Å². The third kappa shape index (κ3) is 34.8. The van der Waals surface area contributed by atoms with Crippen LogP contribution in [0, 0.1) is 60.2 Å². The van der Waals surface area contributed by atoms with Crippen molar-refractivity contribution in [2.75, 3.05) is 40.3 Å². The number of ketones is 4. The maximum absolute atomic E-state index is 12.4. The fourth-order valence-electron chi connectivity index (χ4n) is 10.4. The summed E-state index contributed by atoms with van der Waals surface area (Å²) in [5.41, 5.74) is 10.8. The zero-order valence-electron chi connectivity index (χ0n) is 73.2. The number of alkyl carbamates (subject to hydrolysis) is 2. The predicted molar refractivity (Wildman–Crippen MR) is 494 cm³/mol. The number of sulfone groups is 1. The van der Waals surface area contributed by atoms with Gasteiger partial charge in [-0.25, -0.2) is 55.5 Å². The summed E-state index contributed by atoms with van der Waals surface area (Å²) in [5.74, 6) is -2.22. The number of nitrogens with one attached hydrogen (secondary N) is 3. The number of carbonyl (C=O) groups is 8. The summed E-state index contributed by atoms with van der Waals surface area (Å²) in [5, 5.41) is 61.9. The summed E-state index contributed by atoms with van der Waals surface area (Å²) in [7, 11) is -4.75. The number of halogens is 1. The molecule has 6 aromatic carbocycles. The number of rotatable bonds is 25. The van der Waals surface area contributed by atoms with Crippen LogP contribution in [0.1, 0.15) is 146 Å². The average molecular weight is 2010 g/mol. The molecule has 39 heteroatoms. The van der Waals surface area contributed by atoms with Crippen molar-refractivity contribution in [3.63, 3.8) is 0 Å². The van der Waals surface area contributed by atoms with Crippen LogP contribution in [0.3, 0.4) is 0 Å². The Kier molecular flexibility index (Phi) is 44.4. The molecule has 5 heterocycles. The average Bonchev–Trinajstić information content (AvgIpc) is 1.62. The second kappa shape index (κ2) is 51.2. The molecule has 11 rings (SSSR count). The Morgan fingerprint density at radius 3 is 1.22 bits per heavy atom. The van der Waals surface area contributed by atoms with Gasteiger partial charge in [0.2, 0.25) is 10.0 Å². The van der Waals surface area contributed by atoms with E-state index in [1.807, 2.05) is 98.4 Å². The number of carboxylic acid groups (broad SMARTS) is 1. The van der Waals surface area contributed by atoms with Crippen LogP contribution in [-0.2, 0) is 104 Å². The number of sulfonamides is 1. The van der Waals surface area contributed by atoms with Gasteiger partial charge in [0.1, 0.15) is 35.8 Å². The third-order valence-electron chi connectivity index (χ3n) is 17.4. The first-order valence-corrected chi connectivity index (χ1v) is 45.4. The molecule has 0 radical (unpaired) electrons. The quantitative estimate of drug-likeness (QED) is 0.0262. The molecule has 30 nitrogen and oxygen atoms in total. The second-order valence-electron chi connectivity index (χ2n) is 30.4.